The Balaban J connectivity index is 0. The Labute approximate surface area is 324 Å². The minimum Gasteiger partial charge on any atom is -0.855 e. The Kier molecular flexibility index (Phi) is 22.4. The normalized spacial score (nSPS) is 16.8. The molecule has 1 saturated carbocycles. The molecule has 1 fully saturated rings. The summed E-state index contributed by atoms with van der Waals surface area (Å²) in [5.74, 6) is 0.637. The average Bonchev–Trinajstić information content (AvgIpc) is 2.95. The number of aromatic hydroxyl groups is 2. The van der Waals surface area contributed by atoms with Gasteiger partial charge in [0.05, 0.1) is 12.1 Å². The maximum Gasteiger partial charge on any atom is 3.00 e. The summed E-state index contributed by atoms with van der Waals surface area (Å²) in [7, 11) is 0. The topological polar surface area (TPSA) is 134 Å². The fourth-order valence-electron chi connectivity index (χ4n) is 5.31. The number of phenolic OH excluding ortho intramolecular Hbond substituents is 2. The van der Waals surface area contributed by atoms with Gasteiger partial charge in [0.2, 0.25) is 0 Å². The van der Waals surface area contributed by atoms with Crippen LogP contribution in [0.2, 0.25) is 0 Å². The van der Waals surface area contributed by atoms with Crippen molar-refractivity contribution in [1.29, 1.82) is 0 Å². The van der Waals surface area contributed by atoms with E-state index in [4.69, 9.17) is 25.3 Å². The van der Waals surface area contributed by atoms with Gasteiger partial charge >= 0.3 is 25.8 Å². The van der Waals surface area contributed by atoms with Crippen molar-refractivity contribution in [1.82, 2.24) is 0 Å². The molecule has 0 saturated heterocycles. The van der Waals surface area contributed by atoms with Crippen molar-refractivity contribution in [3.8, 4) is 11.5 Å². The van der Waals surface area contributed by atoms with E-state index in [1.807, 2.05) is 12.4 Å². The van der Waals surface area contributed by atoms with Gasteiger partial charge in [-0.05, 0) is 57.8 Å². The van der Waals surface area contributed by atoms with Crippen LogP contribution in [-0.2, 0) is 21.7 Å². The molecule has 2 aromatic rings. The Morgan fingerprint density at radius 2 is 0.820 bits per heavy atom. The minimum atomic E-state index is -0.179. The predicted octanol–water partition coefficient (Wildman–Crippen LogP) is 6.86. The fourth-order valence-corrected chi connectivity index (χ4v) is 5.31. The van der Waals surface area contributed by atoms with Crippen LogP contribution in [0.3, 0.4) is 0 Å². The van der Waals surface area contributed by atoms with Gasteiger partial charge in [-0.15, -0.1) is 19.8 Å². The van der Waals surface area contributed by atoms with Crippen molar-refractivity contribution >= 4 is 38.3 Å². The third-order valence-corrected chi connectivity index (χ3v) is 8.13. The first-order valence-electron chi connectivity index (χ1n) is 18.0. The number of hydrogen-bond donors (Lipinski definition) is 2. The Hall–Kier alpha value is -1.87. The third kappa shape index (κ3) is 16.6. The van der Waals surface area contributed by atoms with E-state index >= 15 is 0 Å². The van der Waals surface area contributed by atoms with Gasteiger partial charge in [-0.2, -0.15) is 0 Å². The molecular formula is C42H69InN2O5. The van der Waals surface area contributed by atoms with E-state index in [9.17, 15) is 10.2 Å². The van der Waals surface area contributed by atoms with Crippen LogP contribution in [0.5, 0.6) is 11.5 Å². The molecule has 0 bridgehead atoms. The van der Waals surface area contributed by atoms with E-state index in [-0.39, 0.29) is 79.4 Å². The minimum absolute atomic E-state index is 0. The second kappa shape index (κ2) is 22.3. The molecule has 0 radical (unpaired) electrons. The zero-order valence-corrected chi connectivity index (χ0v) is 37.5. The predicted molar refractivity (Wildman–Crippen MR) is 210 cm³/mol. The summed E-state index contributed by atoms with van der Waals surface area (Å²) in [6.45, 7) is 30.7. The zero-order chi connectivity index (χ0) is 38.4. The maximum absolute atomic E-state index is 11.2. The molecule has 50 heavy (non-hydrogen) atoms. The van der Waals surface area contributed by atoms with Gasteiger partial charge in [-0.3, -0.25) is 9.98 Å². The molecule has 2 unspecified atom stereocenters. The fraction of sp³-hybridized carbons (Fsp3) is 0.667. The van der Waals surface area contributed by atoms with Crippen LogP contribution in [0.25, 0.3) is 0 Å². The zero-order valence-electron chi connectivity index (χ0n) is 34.2. The van der Waals surface area contributed by atoms with Gasteiger partial charge in [0.25, 0.3) is 0 Å². The van der Waals surface area contributed by atoms with Gasteiger partial charge in [0.15, 0.2) is 0 Å². The Bertz CT molecular complexity index is 1220. The van der Waals surface area contributed by atoms with E-state index in [0.29, 0.717) is 11.5 Å². The second-order valence-corrected chi connectivity index (χ2v) is 16.8. The first kappa shape index (κ1) is 50.2. The summed E-state index contributed by atoms with van der Waals surface area (Å²) in [6, 6.07) is 8.53. The van der Waals surface area contributed by atoms with E-state index < -0.39 is 0 Å². The van der Waals surface area contributed by atoms with Gasteiger partial charge in [-0.1, -0.05) is 129 Å². The molecule has 1 aliphatic rings. The van der Waals surface area contributed by atoms with Gasteiger partial charge < -0.3 is 25.5 Å². The number of hydrogen-bond acceptors (Lipinski definition) is 7. The van der Waals surface area contributed by atoms with Crippen LogP contribution >= 0.6 is 0 Å². The van der Waals surface area contributed by atoms with Crippen LogP contribution in [0, 0.1) is 0 Å². The summed E-state index contributed by atoms with van der Waals surface area (Å²) in [5, 5.41) is 49.2. The van der Waals surface area contributed by atoms with Crippen molar-refractivity contribution in [3.63, 3.8) is 0 Å². The van der Waals surface area contributed by atoms with Crippen molar-refractivity contribution in [2.24, 2.45) is 9.98 Å². The van der Waals surface area contributed by atoms with E-state index in [1.165, 1.54) is 11.1 Å². The molecule has 8 heteroatoms. The Morgan fingerprint density at radius 1 is 0.560 bits per heavy atom. The number of aliphatic imine (C=N–C) groups is 2. The van der Waals surface area contributed by atoms with Gasteiger partial charge in [-0.25, -0.2) is 0 Å². The molecule has 280 valence electrons. The van der Waals surface area contributed by atoms with Crippen LogP contribution in [0.1, 0.15) is 163 Å². The summed E-state index contributed by atoms with van der Waals surface area (Å²) < 4.78 is 0. The molecule has 0 heterocycles. The van der Waals surface area contributed by atoms with Crippen LogP contribution < -0.4 is 15.3 Å². The summed E-state index contributed by atoms with van der Waals surface area (Å²) >= 11 is 0. The molecule has 0 aliphatic heterocycles. The molecular weight excluding hydrogens is 727 g/mol. The largest absolute Gasteiger partial charge is 3.00 e. The molecule has 0 spiro atoms. The molecule has 2 atom stereocenters. The molecule has 1 aliphatic carbocycles. The molecule has 3 rings (SSSR count). The summed E-state index contributed by atoms with van der Waals surface area (Å²) in [4.78, 5) is 10.1. The van der Waals surface area contributed by atoms with E-state index in [1.54, 1.807) is 20.8 Å². The molecule has 7 nitrogen and oxygen atoms in total. The van der Waals surface area contributed by atoms with Gasteiger partial charge in [0, 0.05) is 34.7 Å². The first-order chi connectivity index (χ1) is 22.4. The van der Waals surface area contributed by atoms with Crippen molar-refractivity contribution < 1.29 is 25.5 Å². The second-order valence-electron chi connectivity index (χ2n) is 16.8. The van der Waals surface area contributed by atoms with Crippen LogP contribution in [-0.4, -0.2) is 80.4 Å². The van der Waals surface area contributed by atoms with E-state index in [2.05, 4.69) is 107 Å². The smallest absolute Gasteiger partial charge is 0.855 e. The van der Waals surface area contributed by atoms with E-state index in [0.717, 1.165) is 47.9 Å². The first-order valence-corrected chi connectivity index (χ1v) is 18.0. The maximum atomic E-state index is 11.2. The number of rotatable bonds is 4. The molecule has 0 aromatic heterocycles. The quantitative estimate of drug-likeness (QED) is 0.327. The number of nitrogens with zero attached hydrogens (tertiary/aromatic N) is 2. The summed E-state index contributed by atoms with van der Waals surface area (Å²) in [5.41, 5.74) is 5.39. The number of phenols is 2. The van der Waals surface area contributed by atoms with Crippen molar-refractivity contribution in [3.05, 3.63) is 57.6 Å². The molecule has 0 amide bonds. The SMILES string of the molecule is CC(C)(C)c1cc(C=NC2CCCCC2N=Cc2cc(C(C)(C)C)cc(C(C)(C)C)c2O)c(O)c(C(C)(C)C)c1.CC[O-].CC[O-].CC[O-].[In+3]. The third-order valence-electron chi connectivity index (χ3n) is 8.13. The van der Waals surface area contributed by atoms with Crippen LogP contribution in [0.15, 0.2) is 34.3 Å². The van der Waals surface area contributed by atoms with Crippen molar-refractivity contribution in [2.75, 3.05) is 19.8 Å². The van der Waals surface area contributed by atoms with Gasteiger partial charge in [0.1, 0.15) is 11.5 Å². The Morgan fingerprint density at radius 3 is 1.04 bits per heavy atom. The standard InChI is InChI=1S/C36H54N2O2.3C2H5O.In/c1-33(2,3)25-17-23(31(39)27(19-25)35(7,8)9)21-37-29-15-13-14-16-30(29)38-22-24-18-26(34(4,5)6)20-28(32(24)40)36(10,11)12;3*1-2-3;/h17-22,29-30,39-40H,13-16H2,1-12H3;3*2H2,1H3;/q;3*-1;+3. The average molecular weight is 797 g/mol. The molecule has 2 aromatic carbocycles. The van der Waals surface area contributed by atoms with Crippen molar-refractivity contribution in [2.45, 2.75) is 163 Å². The number of benzene rings is 2. The molecule has 2 N–H and O–H groups in total. The summed E-state index contributed by atoms with van der Waals surface area (Å²) in [6.07, 6.45) is 7.90. The monoisotopic (exact) mass is 796 g/mol. The van der Waals surface area contributed by atoms with Crippen LogP contribution in [0.4, 0.5) is 0 Å².